The fourth-order valence-electron chi connectivity index (χ4n) is 1.57. The van der Waals surface area contributed by atoms with Crippen LogP contribution in [0.1, 0.15) is 5.56 Å². The zero-order valence-electron chi connectivity index (χ0n) is 8.68. The quantitative estimate of drug-likeness (QED) is 0.637. The van der Waals surface area contributed by atoms with Gasteiger partial charge in [-0.2, -0.15) is 0 Å². The molecule has 0 nitrogen and oxygen atoms in total. The van der Waals surface area contributed by atoms with Crippen LogP contribution in [-0.2, 0) is 5.88 Å². The van der Waals surface area contributed by atoms with Crippen molar-refractivity contribution in [2.45, 2.75) is 5.88 Å². The van der Waals surface area contributed by atoms with Crippen LogP contribution >= 0.6 is 34.8 Å². The molecule has 0 unspecified atom stereocenters. The molecule has 0 atom stereocenters. The van der Waals surface area contributed by atoms with Gasteiger partial charge in [0.2, 0.25) is 0 Å². The van der Waals surface area contributed by atoms with Crippen molar-refractivity contribution in [3.05, 3.63) is 57.8 Å². The molecule has 0 aromatic heterocycles. The maximum atomic E-state index is 13.9. The minimum atomic E-state index is -0.354. The van der Waals surface area contributed by atoms with E-state index in [2.05, 4.69) is 0 Å². The average molecular weight is 290 g/mol. The van der Waals surface area contributed by atoms with E-state index in [4.69, 9.17) is 34.8 Å². The van der Waals surface area contributed by atoms with Crippen molar-refractivity contribution < 1.29 is 4.39 Å². The molecule has 0 bridgehead atoms. The second-order valence-corrected chi connectivity index (χ2v) is 4.60. The monoisotopic (exact) mass is 288 g/mol. The second-order valence-electron chi connectivity index (χ2n) is 3.55. The Bertz CT molecular complexity index is 552. The van der Waals surface area contributed by atoms with Crippen LogP contribution < -0.4 is 0 Å². The third kappa shape index (κ3) is 2.57. The lowest BCUT2D eigenvalue weighted by Gasteiger charge is -2.08. The fourth-order valence-corrected chi connectivity index (χ4v) is 2.14. The Morgan fingerprint density at radius 1 is 1.00 bits per heavy atom. The molecule has 4 heteroatoms. The first kappa shape index (κ1) is 12.7. The summed E-state index contributed by atoms with van der Waals surface area (Å²) >= 11 is 17.6. The van der Waals surface area contributed by atoms with Gasteiger partial charge in [-0.15, -0.1) is 11.6 Å². The Morgan fingerprint density at radius 2 is 1.76 bits per heavy atom. The normalized spacial score (nSPS) is 10.6. The van der Waals surface area contributed by atoms with E-state index in [0.717, 1.165) is 5.56 Å². The highest BCUT2D eigenvalue weighted by atomic mass is 35.5. The van der Waals surface area contributed by atoms with E-state index >= 15 is 0 Å². The zero-order chi connectivity index (χ0) is 12.4. The van der Waals surface area contributed by atoms with Crippen LogP contribution in [0, 0.1) is 5.82 Å². The summed E-state index contributed by atoms with van der Waals surface area (Å²) < 4.78 is 13.9. The van der Waals surface area contributed by atoms with Gasteiger partial charge in [0.15, 0.2) is 0 Å². The van der Waals surface area contributed by atoms with E-state index in [0.29, 0.717) is 21.2 Å². The summed E-state index contributed by atoms with van der Waals surface area (Å²) in [5.74, 6) is -0.0761. The summed E-state index contributed by atoms with van der Waals surface area (Å²) in [6.07, 6.45) is 0. The van der Waals surface area contributed by atoms with E-state index in [-0.39, 0.29) is 11.7 Å². The molecule has 0 N–H and O–H groups in total. The smallest absolute Gasteiger partial charge is 0.131 e. The number of halogens is 4. The first-order chi connectivity index (χ1) is 8.13. The largest absolute Gasteiger partial charge is 0.206 e. The molecule has 2 aromatic rings. The molecule has 0 fully saturated rings. The Kier molecular flexibility index (Phi) is 3.93. The molecule has 0 radical (unpaired) electrons. The lowest BCUT2D eigenvalue weighted by atomic mass is 10.0. The van der Waals surface area contributed by atoms with Crippen molar-refractivity contribution in [3.63, 3.8) is 0 Å². The van der Waals surface area contributed by atoms with Gasteiger partial charge in [0.05, 0.1) is 10.0 Å². The first-order valence-corrected chi connectivity index (χ1v) is 6.21. The van der Waals surface area contributed by atoms with Gasteiger partial charge in [-0.3, -0.25) is 0 Å². The van der Waals surface area contributed by atoms with Crippen LogP contribution in [0.25, 0.3) is 11.1 Å². The highest BCUT2D eigenvalue weighted by Gasteiger charge is 2.11. The average Bonchev–Trinajstić information content (AvgIpc) is 2.33. The van der Waals surface area contributed by atoms with Gasteiger partial charge in [0.1, 0.15) is 5.82 Å². The highest BCUT2D eigenvalue weighted by molar-refractivity contribution is 6.43. The van der Waals surface area contributed by atoms with Crippen molar-refractivity contribution in [2.75, 3.05) is 0 Å². The van der Waals surface area contributed by atoms with Crippen LogP contribution in [0.2, 0.25) is 10.0 Å². The highest BCUT2D eigenvalue weighted by Crippen LogP contribution is 2.34. The first-order valence-electron chi connectivity index (χ1n) is 4.92. The van der Waals surface area contributed by atoms with Crippen molar-refractivity contribution in [2.24, 2.45) is 0 Å². The summed E-state index contributed by atoms with van der Waals surface area (Å²) in [6.45, 7) is 0. The van der Waals surface area contributed by atoms with Crippen molar-refractivity contribution >= 4 is 34.8 Å². The number of hydrogen-bond donors (Lipinski definition) is 0. The Balaban J connectivity index is 2.57. The number of rotatable bonds is 2. The van der Waals surface area contributed by atoms with Crippen LogP contribution in [0.4, 0.5) is 4.39 Å². The Labute approximate surface area is 114 Å². The second kappa shape index (κ2) is 5.26. The summed E-state index contributed by atoms with van der Waals surface area (Å²) in [5.41, 5.74) is 1.73. The maximum Gasteiger partial charge on any atom is 0.131 e. The molecule has 88 valence electrons. The molecular formula is C13H8Cl3F. The molecule has 0 spiro atoms. The molecule has 0 aliphatic carbocycles. The molecule has 0 aliphatic rings. The Hall–Kier alpha value is -0.760. The lowest BCUT2D eigenvalue weighted by molar-refractivity contribution is 0.630. The van der Waals surface area contributed by atoms with E-state index < -0.39 is 0 Å². The molecule has 0 amide bonds. The van der Waals surface area contributed by atoms with E-state index in [1.54, 1.807) is 30.3 Å². The van der Waals surface area contributed by atoms with Crippen molar-refractivity contribution in [3.8, 4) is 11.1 Å². The van der Waals surface area contributed by atoms with Gasteiger partial charge in [-0.1, -0.05) is 47.5 Å². The maximum absolute atomic E-state index is 13.9. The summed E-state index contributed by atoms with van der Waals surface area (Å²) in [5, 5.41) is 0.761. The Morgan fingerprint density at radius 3 is 2.41 bits per heavy atom. The van der Waals surface area contributed by atoms with E-state index in [9.17, 15) is 4.39 Å². The third-order valence-electron chi connectivity index (χ3n) is 2.43. The molecule has 17 heavy (non-hydrogen) atoms. The van der Waals surface area contributed by atoms with Gasteiger partial charge in [-0.05, 0) is 17.7 Å². The third-order valence-corrected chi connectivity index (χ3v) is 3.56. The molecule has 0 heterocycles. The van der Waals surface area contributed by atoms with Gasteiger partial charge in [0.25, 0.3) is 0 Å². The van der Waals surface area contributed by atoms with Crippen LogP contribution in [0.5, 0.6) is 0 Å². The minimum Gasteiger partial charge on any atom is -0.206 e. The van der Waals surface area contributed by atoms with Gasteiger partial charge in [0, 0.05) is 17.0 Å². The SMILES string of the molecule is Fc1cc(CCl)ccc1-c1cccc(Cl)c1Cl. The predicted molar refractivity (Wildman–Crippen MR) is 71.4 cm³/mol. The molecular weight excluding hydrogens is 282 g/mol. The topological polar surface area (TPSA) is 0 Å². The van der Waals surface area contributed by atoms with Crippen molar-refractivity contribution in [1.82, 2.24) is 0 Å². The minimum absolute atomic E-state index is 0.278. The summed E-state index contributed by atoms with van der Waals surface area (Å²) in [4.78, 5) is 0. The van der Waals surface area contributed by atoms with Crippen LogP contribution in [0.15, 0.2) is 36.4 Å². The molecule has 2 aromatic carbocycles. The lowest BCUT2D eigenvalue weighted by Crippen LogP contribution is -1.88. The number of benzene rings is 2. The molecule has 0 aliphatic heterocycles. The van der Waals surface area contributed by atoms with E-state index in [1.165, 1.54) is 6.07 Å². The summed E-state index contributed by atoms with van der Waals surface area (Å²) in [7, 11) is 0. The van der Waals surface area contributed by atoms with Gasteiger partial charge < -0.3 is 0 Å². The zero-order valence-corrected chi connectivity index (χ0v) is 11.0. The summed E-state index contributed by atoms with van der Waals surface area (Å²) in [6, 6.07) is 9.96. The van der Waals surface area contributed by atoms with Gasteiger partial charge >= 0.3 is 0 Å². The molecule has 0 saturated heterocycles. The van der Waals surface area contributed by atoms with E-state index in [1.807, 2.05) is 0 Å². The van der Waals surface area contributed by atoms with Crippen LogP contribution in [0.3, 0.4) is 0 Å². The molecule has 2 rings (SSSR count). The van der Waals surface area contributed by atoms with Crippen LogP contribution in [-0.4, -0.2) is 0 Å². The molecule has 0 saturated carbocycles. The predicted octanol–water partition coefficient (Wildman–Crippen LogP) is 5.54. The number of alkyl halides is 1. The standard InChI is InChI=1S/C13H8Cl3F/c14-7-8-4-5-9(12(17)6-8)10-2-1-3-11(15)13(10)16/h1-6H,7H2. The van der Waals surface area contributed by atoms with Gasteiger partial charge in [-0.25, -0.2) is 4.39 Å². The number of hydrogen-bond acceptors (Lipinski definition) is 0. The fraction of sp³-hybridized carbons (Fsp3) is 0.0769. The van der Waals surface area contributed by atoms with Crippen molar-refractivity contribution in [1.29, 1.82) is 0 Å².